The molecule has 0 aromatic heterocycles. The highest BCUT2D eigenvalue weighted by molar-refractivity contribution is 5.81. The quantitative estimate of drug-likeness (QED) is 0.676. The second-order valence-corrected chi connectivity index (χ2v) is 2.53. The second-order valence-electron chi connectivity index (χ2n) is 2.53. The van der Waals surface area contributed by atoms with Gasteiger partial charge in [-0.2, -0.15) is 0 Å². The SMILES string of the molecule is C[C@@H](C(N)=O)c1ccccc1. The van der Waals surface area contributed by atoms with Crippen molar-refractivity contribution in [2.24, 2.45) is 5.73 Å². The van der Waals surface area contributed by atoms with Gasteiger partial charge in [0.05, 0.1) is 5.92 Å². The first-order valence-corrected chi connectivity index (χ1v) is 3.56. The van der Waals surface area contributed by atoms with Crippen molar-refractivity contribution < 1.29 is 4.79 Å². The van der Waals surface area contributed by atoms with Crippen LogP contribution in [-0.4, -0.2) is 5.91 Å². The molecule has 0 saturated heterocycles. The lowest BCUT2D eigenvalue weighted by Gasteiger charge is -2.05. The average Bonchev–Trinajstić information content (AvgIpc) is 2.05. The topological polar surface area (TPSA) is 43.1 Å². The lowest BCUT2D eigenvalue weighted by Crippen LogP contribution is -2.18. The maximum atomic E-state index is 10.7. The zero-order valence-electron chi connectivity index (χ0n) is 6.45. The maximum Gasteiger partial charge on any atom is 0.224 e. The van der Waals surface area contributed by atoms with Crippen molar-refractivity contribution in [3.05, 3.63) is 35.9 Å². The highest BCUT2D eigenvalue weighted by Crippen LogP contribution is 2.12. The van der Waals surface area contributed by atoms with E-state index in [0.29, 0.717) is 0 Å². The minimum Gasteiger partial charge on any atom is -0.369 e. The van der Waals surface area contributed by atoms with Crippen LogP contribution in [0.1, 0.15) is 18.4 Å². The molecule has 1 rings (SSSR count). The Hall–Kier alpha value is -1.31. The molecular formula is C9H11NO. The molecule has 0 radical (unpaired) electrons. The van der Waals surface area contributed by atoms with Crippen LogP contribution in [0.15, 0.2) is 30.3 Å². The van der Waals surface area contributed by atoms with Crippen LogP contribution in [-0.2, 0) is 4.79 Å². The van der Waals surface area contributed by atoms with Crippen LogP contribution in [0.2, 0.25) is 0 Å². The third kappa shape index (κ3) is 1.80. The molecule has 2 heteroatoms. The molecule has 0 aliphatic carbocycles. The Kier molecular flexibility index (Phi) is 2.26. The van der Waals surface area contributed by atoms with Crippen LogP contribution < -0.4 is 5.73 Å². The number of benzene rings is 1. The van der Waals surface area contributed by atoms with E-state index in [9.17, 15) is 4.79 Å². The number of rotatable bonds is 2. The highest BCUT2D eigenvalue weighted by atomic mass is 16.1. The Morgan fingerprint density at radius 3 is 2.36 bits per heavy atom. The van der Waals surface area contributed by atoms with Crippen molar-refractivity contribution in [2.45, 2.75) is 12.8 Å². The minimum absolute atomic E-state index is 0.184. The van der Waals surface area contributed by atoms with Crippen molar-refractivity contribution >= 4 is 5.91 Å². The number of primary amides is 1. The van der Waals surface area contributed by atoms with Crippen molar-refractivity contribution in [3.63, 3.8) is 0 Å². The van der Waals surface area contributed by atoms with Gasteiger partial charge in [0.2, 0.25) is 5.91 Å². The summed E-state index contributed by atoms with van der Waals surface area (Å²) >= 11 is 0. The van der Waals surface area contributed by atoms with Gasteiger partial charge in [0.1, 0.15) is 0 Å². The molecule has 1 atom stereocenters. The Balaban J connectivity index is 2.85. The van der Waals surface area contributed by atoms with E-state index in [-0.39, 0.29) is 11.8 Å². The standard InChI is InChI=1S/C9H11NO/c1-7(9(10)11)8-5-3-2-4-6-8/h2-7H,1H3,(H2,10,11)/t7-/m1/s1. The highest BCUT2D eigenvalue weighted by Gasteiger charge is 2.09. The van der Waals surface area contributed by atoms with E-state index in [1.165, 1.54) is 0 Å². The smallest absolute Gasteiger partial charge is 0.224 e. The van der Waals surface area contributed by atoms with Gasteiger partial charge in [0, 0.05) is 0 Å². The van der Waals surface area contributed by atoms with E-state index in [0.717, 1.165) is 5.56 Å². The molecular weight excluding hydrogens is 138 g/mol. The summed E-state index contributed by atoms with van der Waals surface area (Å²) in [7, 11) is 0. The van der Waals surface area contributed by atoms with Gasteiger partial charge in [-0.1, -0.05) is 30.3 Å². The van der Waals surface area contributed by atoms with Crippen molar-refractivity contribution in [3.8, 4) is 0 Å². The predicted octanol–water partition coefficient (Wildman–Crippen LogP) is 1.28. The molecule has 2 N–H and O–H groups in total. The van der Waals surface area contributed by atoms with Gasteiger partial charge in [0.25, 0.3) is 0 Å². The summed E-state index contributed by atoms with van der Waals surface area (Å²) in [4.78, 5) is 10.7. The average molecular weight is 149 g/mol. The molecule has 0 saturated carbocycles. The van der Waals surface area contributed by atoms with E-state index in [1.807, 2.05) is 30.3 Å². The number of carbonyl (C=O) groups excluding carboxylic acids is 1. The third-order valence-corrected chi connectivity index (χ3v) is 1.73. The molecule has 0 aliphatic rings. The number of hydrogen-bond donors (Lipinski definition) is 1. The first kappa shape index (κ1) is 7.79. The largest absolute Gasteiger partial charge is 0.369 e. The van der Waals surface area contributed by atoms with E-state index in [4.69, 9.17) is 5.73 Å². The molecule has 0 unspecified atom stereocenters. The van der Waals surface area contributed by atoms with Gasteiger partial charge in [-0.25, -0.2) is 0 Å². The Labute approximate surface area is 66.0 Å². The van der Waals surface area contributed by atoms with Gasteiger partial charge in [-0.05, 0) is 12.5 Å². The number of hydrogen-bond acceptors (Lipinski definition) is 1. The van der Waals surface area contributed by atoms with Crippen molar-refractivity contribution in [2.75, 3.05) is 0 Å². The van der Waals surface area contributed by atoms with E-state index in [1.54, 1.807) is 6.92 Å². The second kappa shape index (κ2) is 3.19. The molecule has 1 aromatic rings. The molecule has 58 valence electrons. The lowest BCUT2D eigenvalue weighted by molar-refractivity contribution is -0.119. The monoisotopic (exact) mass is 149 g/mol. The summed E-state index contributed by atoms with van der Waals surface area (Å²) in [5.41, 5.74) is 6.10. The van der Waals surface area contributed by atoms with E-state index in [2.05, 4.69) is 0 Å². The fourth-order valence-corrected chi connectivity index (χ4v) is 0.906. The molecule has 0 aliphatic heterocycles. The van der Waals surface area contributed by atoms with Crippen molar-refractivity contribution in [1.82, 2.24) is 0 Å². The van der Waals surface area contributed by atoms with Gasteiger partial charge in [-0.15, -0.1) is 0 Å². The van der Waals surface area contributed by atoms with Crippen LogP contribution in [0.3, 0.4) is 0 Å². The summed E-state index contributed by atoms with van der Waals surface area (Å²) in [5.74, 6) is -0.465. The van der Waals surface area contributed by atoms with Crippen LogP contribution in [0.5, 0.6) is 0 Å². The zero-order chi connectivity index (χ0) is 8.27. The van der Waals surface area contributed by atoms with Crippen molar-refractivity contribution in [1.29, 1.82) is 0 Å². The molecule has 1 aromatic carbocycles. The first-order valence-electron chi connectivity index (χ1n) is 3.56. The Morgan fingerprint density at radius 1 is 1.36 bits per heavy atom. The molecule has 0 bridgehead atoms. The van der Waals surface area contributed by atoms with Crippen LogP contribution in [0.25, 0.3) is 0 Å². The summed E-state index contributed by atoms with van der Waals surface area (Å²) in [5, 5.41) is 0. The summed E-state index contributed by atoms with van der Waals surface area (Å²) in [6.07, 6.45) is 0. The van der Waals surface area contributed by atoms with Gasteiger partial charge in [0.15, 0.2) is 0 Å². The summed E-state index contributed by atoms with van der Waals surface area (Å²) in [6.45, 7) is 1.80. The van der Waals surface area contributed by atoms with Gasteiger partial charge < -0.3 is 5.73 Å². The number of nitrogens with two attached hydrogens (primary N) is 1. The van der Waals surface area contributed by atoms with Crippen LogP contribution in [0.4, 0.5) is 0 Å². The van der Waals surface area contributed by atoms with Gasteiger partial charge >= 0.3 is 0 Å². The molecule has 1 amide bonds. The predicted molar refractivity (Wildman–Crippen MR) is 44.1 cm³/mol. The number of carbonyl (C=O) groups is 1. The first-order chi connectivity index (χ1) is 5.22. The molecule has 0 fully saturated rings. The molecule has 2 nitrogen and oxygen atoms in total. The third-order valence-electron chi connectivity index (χ3n) is 1.73. The minimum atomic E-state index is -0.281. The molecule has 0 spiro atoms. The summed E-state index contributed by atoms with van der Waals surface area (Å²) < 4.78 is 0. The zero-order valence-corrected chi connectivity index (χ0v) is 6.45. The normalized spacial score (nSPS) is 12.5. The Morgan fingerprint density at radius 2 is 1.91 bits per heavy atom. The molecule has 0 heterocycles. The van der Waals surface area contributed by atoms with E-state index < -0.39 is 0 Å². The number of amides is 1. The summed E-state index contributed by atoms with van der Waals surface area (Å²) in [6, 6.07) is 9.51. The van der Waals surface area contributed by atoms with Crippen LogP contribution >= 0.6 is 0 Å². The molecule has 11 heavy (non-hydrogen) atoms. The van der Waals surface area contributed by atoms with E-state index >= 15 is 0 Å². The van der Waals surface area contributed by atoms with Gasteiger partial charge in [-0.3, -0.25) is 4.79 Å². The lowest BCUT2D eigenvalue weighted by atomic mass is 10.0. The fourth-order valence-electron chi connectivity index (χ4n) is 0.906. The maximum absolute atomic E-state index is 10.7. The van der Waals surface area contributed by atoms with Crippen LogP contribution in [0, 0.1) is 0 Å². The fraction of sp³-hybridized carbons (Fsp3) is 0.222. The Bertz CT molecular complexity index is 243.